The molecule has 1 aromatic carbocycles. The molecule has 0 radical (unpaired) electrons. The van der Waals surface area contributed by atoms with Crippen LogP contribution in [0.4, 0.5) is 4.39 Å². The zero-order chi connectivity index (χ0) is 13.8. The summed E-state index contributed by atoms with van der Waals surface area (Å²) in [4.78, 5) is 0. The van der Waals surface area contributed by atoms with Crippen molar-refractivity contribution in [1.82, 2.24) is 5.32 Å². The molecule has 0 aliphatic heterocycles. The highest BCUT2D eigenvalue weighted by Crippen LogP contribution is 2.28. The van der Waals surface area contributed by atoms with Gasteiger partial charge < -0.3 is 5.32 Å². The number of hydrogen-bond acceptors (Lipinski definition) is 1. The zero-order valence-electron chi connectivity index (χ0n) is 11.8. The molecule has 1 N–H and O–H groups in total. The van der Waals surface area contributed by atoms with Crippen molar-refractivity contribution in [3.8, 4) is 0 Å². The van der Waals surface area contributed by atoms with Crippen molar-refractivity contribution in [3.05, 3.63) is 34.6 Å². The molecule has 0 bridgehead atoms. The predicted molar refractivity (Wildman–Crippen MR) is 79.0 cm³/mol. The topological polar surface area (TPSA) is 12.0 Å². The molecule has 1 unspecified atom stereocenters. The third kappa shape index (κ3) is 3.93. The second kappa shape index (κ2) is 6.71. The Hall–Kier alpha value is -0.600. The summed E-state index contributed by atoms with van der Waals surface area (Å²) in [6, 6.07) is 5.68. The monoisotopic (exact) mass is 283 g/mol. The molecule has 1 aliphatic rings. The summed E-state index contributed by atoms with van der Waals surface area (Å²) in [5.41, 5.74) is 1.05. The van der Waals surface area contributed by atoms with E-state index in [0.29, 0.717) is 6.04 Å². The molecule has 0 heterocycles. The number of halogens is 2. The summed E-state index contributed by atoms with van der Waals surface area (Å²) in [5, 5.41) is 3.84. The highest BCUT2D eigenvalue weighted by molar-refractivity contribution is 6.30. The lowest BCUT2D eigenvalue weighted by atomic mass is 9.84. The van der Waals surface area contributed by atoms with Crippen LogP contribution in [0.25, 0.3) is 0 Å². The van der Waals surface area contributed by atoms with Crippen LogP contribution >= 0.6 is 11.6 Å². The van der Waals surface area contributed by atoms with Gasteiger partial charge in [-0.25, -0.2) is 4.39 Å². The molecule has 1 aliphatic carbocycles. The van der Waals surface area contributed by atoms with Crippen LogP contribution < -0.4 is 5.32 Å². The van der Waals surface area contributed by atoms with E-state index in [2.05, 4.69) is 19.2 Å². The molecule has 2 atom stereocenters. The number of nitrogens with one attached hydrogen (secondary N) is 1. The molecular formula is C16H23ClFN. The van der Waals surface area contributed by atoms with Gasteiger partial charge in [-0.2, -0.15) is 0 Å². The smallest absolute Gasteiger partial charge is 0.141 e. The van der Waals surface area contributed by atoms with Crippen molar-refractivity contribution in [1.29, 1.82) is 0 Å². The second-order valence-electron chi connectivity index (χ2n) is 5.75. The first-order valence-electron chi connectivity index (χ1n) is 7.29. The first kappa shape index (κ1) is 14.8. The van der Waals surface area contributed by atoms with E-state index in [4.69, 9.17) is 11.6 Å². The van der Waals surface area contributed by atoms with Crippen LogP contribution in [0.1, 0.15) is 57.6 Å². The normalized spacial score (nSPS) is 20.2. The highest BCUT2D eigenvalue weighted by Gasteiger charge is 2.21. The van der Waals surface area contributed by atoms with Crippen molar-refractivity contribution in [2.24, 2.45) is 5.92 Å². The second-order valence-corrected chi connectivity index (χ2v) is 6.16. The number of benzene rings is 1. The third-order valence-electron chi connectivity index (χ3n) is 4.31. The van der Waals surface area contributed by atoms with Gasteiger partial charge in [0.25, 0.3) is 0 Å². The van der Waals surface area contributed by atoms with E-state index >= 15 is 0 Å². The van der Waals surface area contributed by atoms with Crippen LogP contribution in [-0.2, 0) is 0 Å². The van der Waals surface area contributed by atoms with Crippen LogP contribution in [0, 0.1) is 11.7 Å². The molecule has 0 spiro atoms. The molecule has 1 fully saturated rings. The van der Waals surface area contributed by atoms with Gasteiger partial charge in [-0.1, -0.05) is 36.9 Å². The molecule has 0 amide bonds. The Morgan fingerprint density at radius 3 is 2.53 bits per heavy atom. The average Bonchev–Trinajstić information content (AvgIpc) is 2.42. The maximum Gasteiger partial charge on any atom is 0.141 e. The lowest BCUT2D eigenvalue weighted by molar-refractivity contribution is 0.268. The van der Waals surface area contributed by atoms with Crippen molar-refractivity contribution in [2.75, 3.05) is 0 Å². The minimum atomic E-state index is -0.349. The summed E-state index contributed by atoms with van der Waals surface area (Å²) < 4.78 is 13.2. The molecule has 0 saturated heterocycles. The SMILES string of the molecule is CC(N[C@H](C)C1CCCCC1)c1ccc(F)c(Cl)c1. The van der Waals surface area contributed by atoms with Crippen LogP contribution in [0.2, 0.25) is 5.02 Å². The van der Waals surface area contributed by atoms with Crippen molar-refractivity contribution in [3.63, 3.8) is 0 Å². The molecule has 0 aromatic heterocycles. The molecule has 1 saturated carbocycles. The molecule has 2 rings (SSSR count). The first-order valence-corrected chi connectivity index (χ1v) is 7.66. The van der Waals surface area contributed by atoms with Gasteiger partial charge in [-0.05, 0) is 50.3 Å². The van der Waals surface area contributed by atoms with Gasteiger partial charge in [-0.3, -0.25) is 0 Å². The van der Waals surface area contributed by atoms with Crippen molar-refractivity contribution < 1.29 is 4.39 Å². The first-order chi connectivity index (χ1) is 9.08. The Kier molecular flexibility index (Phi) is 5.23. The molecular weight excluding hydrogens is 261 g/mol. The van der Waals surface area contributed by atoms with Crippen molar-refractivity contribution in [2.45, 2.75) is 58.0 Å². The minimum Gasteiger partial charge on any atom is -0.307 e. The summed E-state index contributed by atoms with van der Waals surface area (Å²) in [6.07, 6.45) is 6.74. The van der Waals surface area contributed by atoms with Gasteiger partial charge in [-0.15, -0.1) is 0 Å². The molecule has 3 heteroatoms. The van der Waals surface area contributed by atoms with Gasteiger partial charge in [0.2, 0.25) is 0 Å². The summed E-state index contributed by atoms with van der Waals surface area (Å²) in [7, 11) is 0. The van der Waals surface area contributed by atoms with Crippen LogP contribution in [-0.4, -0.2) is 6.04 Å². The summed E-state index contributed by atoms with van der Waals surface area (Å²) in [5.74, 6) is 0.421. The number of rotatable bonds is 4. The Balaban J connectivity index is 1.95. The van der Waals surface area contributed by atoms with Crippen LogP contribution in [0.3, 0.4) is 0 Å². The quantitative estimate of drug-likeness (QED) is 0.811. The van der Waals surface area contributed by atoms with E-state index in [1.807, 2.05) is 6.07 Å². The summed E-state index contributed by atoms with van der Waals surface area (Å²) in [6.45, 7) is 4.38. The molecule has 1 aromatic rings. The largest absolute Gasteiger partial charge is 0.307 e. The van der Waals surface area contributed by atoms with E-state index < -0.39 is 0 Å². The van der Waals surface area contributed by atoms with Gasteiger partial charge in [0.05, 0.1) is 5.02 Å². The fourth-order valence-corrected chi connectivity index (χ4v) is 3.23. The van der Waals surface area contributed by atoms with E-state index in [1.54, 1.807) is 6.07 Å². The minimum absolute atomic E-state index is 0.204. The fourth-order valence-electron chi connectivity index (χ4n) is 3.04. The van der Waals surface area contributed by atoms with Gasteiger partial charge in [0, 0.05) is 12.1 Å². The van der Waals surface area contributed by atoms with Crippen molar-refractivity contribution >= 4 is 11.6 Å². The maximum absolute atomic E-state index is 13.2. The Labute approximate surface area is 120 Å². The molecule has 19 heavy (non-hydrogen) atoms. The highest BCUT2D eigenvalue weighted by atomic mass is 35.5. The zero-order valence-corrected chi connectivity index (χ0v) is 12.5. The van der Waals surface area contributed by atoms with E-state index in [0.717, 1.165) is 11.5 Å². The van der Waals surface area contributed by atoms with Gasteiger partial charge in [0.15, 0.2) is 0 Å². The molecule has 106 valence electrons. The van der Waals surface area contributed by atoms with Crippen LogP contribution in [0.5, 0.6) is 0 Å². The lowest BCUT2D eigenvalue weighted by Crippen LogP contribution is -2.36. The lowest BCUT2D eigenvalue weighted by Gasteiger charge is -2.31. The summed E-state index contributed by atoms with van der Waals surface area (Å²) >= 11 is 5.84. The Morgan fingerprint density at radius 2 is 1.89 bits per heavy atom. The van der Waals surface area contributed by atoms with Crippen LogP contribution in [0.15, 0.2) is 18.2 Å². The average molecular weight is 284 g/mol. The Bertz CT molecular complexity index is 415. The standard InChI is InChI=1S/C16H23ClFN/c1-11(13-6-4-3-5-7-13)19-12(2)14-8-9-16(18)15(17)10-14/h8-13,19H,3-7H2,1-2H3/t11-,12?/m1/s1. The molecule has 1 nitrogen and oxygen atoms in total. The Morgan fingerprint density at radius 1 is 1.21 bits per heavy atom. The maximum atomic E-state index is 13.2. The van der Waals surface area contributed by atoms with E-state index in [9.17, 15) is 4.39 Å². The number of hydrogen-bond donors (Lipinski definition) is 1. The third-order valence-corrected chi connectivity index (χ3v) is 4.60. The fraction of sp³-hybridized carbons (Fsp3) is 0.625. The van der Waals surface area contributed by atoms with Gasteiger partial charge in [0.1, 0.15) is 5.82 Å². The van der Waals surface area contributed by atoms with Gasteiger partial charge >= 0.3 is 0 Å². The van der Waals surface area contributed by atoms with E-state index in [1.165, 1.54) is 38.2 Å². The van der Waals surface area contributed by atoms with E-state index in [-0.39, 0.29) is 16.9 Å². The predicted octanol–water partition coefficient (Wildman–Crippen LogP) is 5.10.